The van der Waals surface area contributed by atoms with Gasteiger partial charge in [0.25, 0.3) is 0 Å². The fourth-order valence-corrected chi connectivity index (χ4v) is 1.85. The van der Waals surface area contributed by atoms with Crippen molar-refractivity contribution < 1.29 is 23.4 Å². The average molecular weight is 251 g/mol. The molecule has 0 saturated carbocycles. The van der Waals surface area contributed by atoms with E-state index < -0.39 is 30.0 Å². The molecular formula is C11H19F2NO3. The van der Waals surface area contributed by atoms with Gasteiger partial charge >= 0.3 is 6.09 Å². The summed E-state index contributed by atoms with van der Waals surface area (Å²) in [5.41, 5.74) is -0.644. The van der Waals surface area contributed by atoms with Gasteiger partial charge in [0.05, 0.1) is 0 Å². The van der Waals surface area contributed by atoms with E-state index in [1.807, 2.05) is 0 Å². The Hall–Kier alpha value is -0.910. The van der Waals surface area contributed by atoms with Crippen LogP contribution in [-0.4, -0.2) is 47.8 Å². The van der Waals surface area contributed by atoms with Crippen LogP contribution in [0.3, 0.4) is 0 Å². The molecule has 1 N–H and O–H groups in total. The Morgan fingerprint density at radius 3 is 2.41 bits per heavy atom. The second kappa shape index (κ2) is 5.16. The minimum atomic E-state index is -2.53. The van der Waals surface area contributed by atoms with E-state index in [1.54, 1.807) is 20.8 Å². The number of carbonyl (C=O) groups excluding carboxylic acids is 1. The van der Waals surface area contributed by atoms with Crippen LogP contribution in [-0.2, 0) is 4.74 Å². The molecule has 0 spiro atoms. The molecule has 0 aromatic rings. The SMILES string of the molecule is CC(C)(C)OC(=O)N1CC(CO)C(C(F)F)C1. The summed E-state index contributed by atoms with van der Waals surface area (Å²) in [5, 5.41) is 9.01. The number of aliphatic hydroxyl groups is 1. The molecule has 0 aromatic heterocycles. The molecule has 1 aliphatic rings. The normalized spacial score (nSPS) is 25.5. The topological polar surface area (TPSA) is 49.8 Å². The molecule has 6 heteroatoms. The molecule has 4 nitrogen and oxygen atoms in total. The molecule has 1 fully saturated rings. The van der Waals surface area contributed by atoms with Crippen molar-refractivity contribution in [1.82, 2.24) is 4.90 Å². The van der Waals surface area contributed by atoms with Crippen molar-refractivity contribution in [2.75, 3.05) is 19.7 Å². The van der Waals surface area contributed by atoms with Crippen molar-refractivity contribution in [3.8, 4) is 0 Å². The summed E-state index contributed by atoms with van der Waals surface area (Å²) in [6, 6.07) is 0. The zero-order chi connectivity index (χ0) is 13.2. The predicted octanol–water partition coefficient (Wildman–Crippen LogP) is 1.73. The quantitative estimate of drug-likeness (QED) is 0.813. The molecule has 1 amide bonds. The highest BCUT2D eigenvalue weighted by Gasteiger charge is 2.41. The summed E-state index contributed by atoms with van der Waals surface area (Å²) >= 11 is 0. The number of carbonyl (C=O) groups is 1. The lowest BCUT2D eigenvalue weighted by Gasteiger charge is -2.24. The molecule has 0 radical (unpaired) electrons. The van der Waals surface area contributed by atoms with Crippen molar-refractivity contribution in [2.45, 2.75) is 32.8 Å². The van der Waals surface area contributed by atoms with Crippen molar-refractivity contribution in [2.24, 2.45) is 11.8 Å². The molecule has 1 aliphatic heterocycles. The van der Waals surface area contributed by atoms with Gasteiger partial charge in [-0.3, -0.25) is 0 Å². The highest BCUT2D eigenvalue weighted by molar-refractivity contribution is 5.68. The minimum Gasteiger partial charge on any atom is -0.444 e. The van der Waals surface area contributed by atoms with Gasteiger partial charge in [0.1, 0.15) is 5.60 Å². The largest absolute Gasteiger partial charge is 0.444 e. The Balaban J connectivity index is 2.61. The van der Waals surface area contributed by atoms with Crippen LogP contribution in [0.1, 0.15) is 20.8 Å². The number of likely N-dealkylation sites (tertiary alicyclic amines) is 1. The summed E-state index contributed by atoms with van der Waals surface area (Å²) < 4.78 is 30.4. The maximum atomic E-state index is 12.7. The summed E-state index contributed by atoms with van der Waals surface area (Å²) in [5.74, 6) is -1.53. The molecule has 2 unspecified atom stereocenters. The van der Waals surface area contributed by atoms with E-state index in [-0.39, 0.29) is 19.7 Å². The van der Waals surface area contributed by atoms with Gasteiger partial charge in [-0.25, -0.2) is 13.6 Å². The van der Waals surface area contributed by atoms with E-state index in [9.17, 15) is 13.6 Å². The Bertz CT molecular complexity index is 278. The molecule has 17 heavy (non-hydrogen) atoms. The zero-order valence-electron chi connectivity index (χ0n) is 10.3. The fourth-order valence-electron chi connectivity index (χ4n) is 1.85. The summed E-state index contributed by atoms with van der Waals surface area (Å²) in [4.78, 5) is 12.9. The Labute approximate surface area is 99.5 Å². The number of halogens is 2. The van der Waals surface area contributed by atoms with Crippen LogP contribution < -0.4 is 0 Å². The van der Waals surface area contributed by atoms with E-state index in [0.717, 1.165) is 0 Å². The van der Waals surface area contributed by atoms with E-state index in [0.29, 0.717) is 0 Å². The number of rotatable bonds is 2. The summed E-state index contributed by atoms with van der Waals surface area (Å²) in [6.07, 6.45) is -3.13. The highest BCUT2D eigenvalue weighted by atomic mass is 19.3. The lowest BCUT2D eigenvalue weighted by molar-refractivity contribution is 0.0250. The van der Waals surface area contributed by atoms with Crippen LogP contribution in [0.2, 0.25) is 0 Å². The van der Waals surface area contributed by atoms with Crippen LogP contribution in [0.15, 0.2) is 0 Å². The first-order valence-corrected chi connectivity index (χ1v) is 5.61. The minimum absolute atomic E-state index is 0.0577. The van der Waals surface area contributed by atoms with Gasteiger partial charge in [-0.2, -0.15) is 0 Å². The third-order valence-corrected chi connectivity index (χ3v) is 2.70. The van der Waals surface area contributed by atoms with Crippen molar-refractivity contribution in [3.05, 3.63) is 0 Å². The average Bonchev–Trinajstić information content (AvgIpc) is 2.58. The van der Waals surface area contributed by atoms with E-state index in [2.05, 4.69) is 0 Å². The molecule has 0 aliphatic carbocycles. The molecule has 100 valence electrons. The number of hydrogen-bond donors (Lipinski definition) is 1. The Morgan fingerprint density at radius 1 is 1.47 bits per heavy atom. The van der Waals surface area contributed by atoms with Crippen molar-refractivity contribution >= 4 is 6.09 Å². The molecule has 1 rings (SSSR count). The number of hydrogen-bond acceptors (Lipinski definition) is 3. The third-order valence-electron chi connectivity index (χ3n) is 2.70. The summed E-state index contributed by atoms with van der Waals surface area (Å²) in [7, 11) is 0. The van der Waals surface area contributed by atoms with Crippen LogP contribution in [0.25, 0.3) is 0 Å². The second-order valence-corrected chi connectivity index (χ2v) is 5.33. The van der Waals surface area contributed by atoms with Gasteiger partial charge in [-0.15, -0.1) is 0 Å². The molecule has 1 saturated heterocycles. The zero-order valence-corrected chi connectivity index (χ0v) is 10.3. The van der Waals surface area contributed by atoms with Gasteiger partial charge in [0.2, 0.25) is 6.43 Å². The Kier molecular flexibility index (Phi) is 4.30. The number of nitrogens with zero attached hydrogens (tertiary/aromatic N) is 1. The van der Waals surface area contributed by atoms with Gasteiger partial charge in [0, 0.05) is 31.5 Å². The van der Waals surface area contributed by atoms with Gasteiger partial charge in [0.15, 0.2) is 0 Å². The first-order valence-electron chi connectivity index (χ1n) is 5.61. The van der Waals surface area contributed by atoms with Gasteiger partial charge in [-0.05, 0) is 20.8 Å². The molecule has 1 heterocycles. The van der Waals surface area contributed by atoms with E-state index in [4.69, 9.17) is 9.84 Å². The molecule has 0 bridgehead atoms. The Morgan fingerprint density at radius 2 is 2.06 bits per heavy atom. The second-order valence-electron chi connectivity index (χ2n) is 5.33. The third kappa shape index (κ3) is 3.80. The standard InChI is InChI=1S/C11H19F2NO3/c1-11(2,3)17-10(16)14-4-7(6-15)8(5-14)9(12)13/h7-9,15H,4-6H2,1-3H3. The maximum absolute atomic E-state index is 12.7. The molecule has 2 atom stereocenters. The summed E-state index contributed by atoms with van der Waals surface area (Å²) in [6.45, 7) is 4.88. The first-order chi connectivity index (χ1) is 7.74. The van der Waals surface area contributed by atoms with Crippen LogP contribution in [0, 0.1) is 11.8 Å². The molecular weight excluding hydrogens is 232 g/mol. The van der Waals surface area contributed by atoms with Gasteiger partial charge < -0.3 is 14.7 Å². The first kappa shape index (κ1) is 14.2. The van der Waals surface area contributed by atoms with Crippen LogP contribution in [0.4, 0.5) is 13.6 Å². The number of amides is 1. The van der Waals surface area contributed by atoms with E-state index >= 15 is 0 Å². The van der Waals surface area contributed by atoms with Crippen molar-refractivity contribution in [3.63, 3.8) is 0 Å². The highest BCUT2D eigenvalue weighted by Crippen LogP contribution is 2.29. The van der Waals surface area contributed by atoms with E-state index in [1.165, 1.54) is 4.90 Å². The lowest BCUT2D eigenvalue weighted by Crippen LogP contribution is -2.35. The number of alkyl halides is 2. The number of aliphatic hydroxyl groups excluding tert-OH is 1. The lowest BCUT2D eigenvalue weighted by atomic mass is 9.98. The monoisotopic (exact) mass is 251 g/mol. The maximum Gasteiger partial charge on any atom is 0.410 e. The smallest absolute Gasteiger partial charge is 0.410 e. The van der Waals surface area contributed by atoms with Gasteiger partial charge in [-0.1, -0.05) is 0 Å². The van der Waals surface area contributed by atoms with Crippen molar-refractivity contribution in [1.29, 1.82) is 0 Å². The van der Waals surface area contributed by atoms with Crippen LogP contribution in [0.5, 0.6) is 0 Å². The van der Waals surface area contributed by atoms with Crippen LogP contribution >= 0.6 is 0 Å². The molecule has 0 aromatic carbocycles. The predicted molar refractivity (Wildman–Crippen MR) is 57.9 cm³/mol. The fraction of sp³-hybridized carbons (Fsp3) is 0.909. The number of ether oxygens (including phenoxy) is 1.